The zero-order chi connectivity index (χ0) is 24.7. The molecule has 0 bridgehead atoms. The average Bonchev–Trinajstić information content (AvgIpc) is 3.36. The number of rotatable bonds is 4. The summed E-state index contributed by atoms with van der Waals surface area (Å²) >= 11 is 0. The Bertz CT molecular complexity index is 1400. The van der Waals surface area contributed by atoms with Crippen molar-refractivity contribution < 1.29 is 18.0 Å². The number of carbonyl (C=O) groups is 1. The number of hydrogen-bond acceptors (Lipinski definition) is 3. The molecule has 2 heterocycles. The van der Waals surface area contributed by atoms with Crippen LogP contribution in [-0.4, -0.2) is 42.0 Å². The molecular formula is C28H24F3N3O. The minimum Gasteiger partial charge on any atom is -0.337 e. The molecule has 1 amide bonds. The van der Waals surface area contributed by atoms with E-state index in [9.17, 15) is 18.0 Å². The molecule has 178 valence electrons. The highest BCUT2D eigenvalue weighted by Gasteiger charge is 2.28. The van der Waals surface area contributed by atoms with E-state index in [2.05, 4.69) is 10.3 Å². The van der Waals surface area contributed by atoms with Gasteiger partial charge in [-0.25, -0.2) is 13.2 Å². The van der Waals surface area contributed by atoms with Crippen molar-refractivity contribution in [3.05, 3.63) is 89.4 Å². The van der Waals surface area contributed by atoms with E-state index in [1.807, 2.05) is 6.07 Å². The number of amides is 1. The van der Waals surface area contributed by atoms with Crippen molar-refractivity contribution in [3.8, 4) is 22.3 Å². The number of aromatic nitrogens is 1. The summed E-state index contributed by atoms with van der Waals surface area (Å²) in [6, 6.07) is 13.1. The van der Waals surface area contributed by atoms with Crippen LogP contribution in [0.5, 0.6) is 0 Å². The van der Waals surface area contributed by atoms with Gasteiger partial charge in [0.15, 0.2) is 0 Å². The first kappa shape index (κ1) is 23.1. The first-order valence-corrected chi connectivity index (χ1v) is 11.4. The van der Waals surface area contributed by atoms with Gasteiger partial charge in [0.25, 0.3) is 5.91 Å². The number of benzene rings is 3. The van der Waals surface area contributed by atoms with E-state index in [1.165, 1.54) is 24.3 Å². The summed E-state index contributed by atoms with van der Waals surface area (Å²) in [5, 5.41) is 3.81. The number of nitrogens with zero attached hydrogens (tertiary/aromatic N) is 2. The van der Waals surface area contributed by atoms with Crippen molar-refractivity contribution in [2.75, 3.05) is 20.1 Å². The summed E-state index contributed by atoms with van der Waals surface area (Å²) in [4.78, 5) is 20.2. The number of aryl methyl sites for hydroxylation is 1. The van der Waals surface area contributed by atoms with Gasteiger partial charge < -0.3 is 10.2 Å². The lowest BCUT2D eigenvalue weighted by Crippen LogP contribution is -2.38. The number of carbonyl (C=O) groups excluding carboxylic acids is 1. The van der Waals surface area contributed by atoms with Crippen molar-refractivity contribution >= 4 is 16.8 Å². The largest absolute Gasteiger partial charge is 0.337 e. The normalized spacial score (nSPS) is 15.5. The second kappa shape index (κ2) is 9.15. The first-order valence-electron chi connectivity index (χ1n) is 11.4. The fraction of sp³-hybridized carbons (Fsp3) is 0.214. The second-order valence-corrected chi connectivity index (χ2v) is 9.02. The average molecular weight is 476 g/mol. The Morgan fingerprint density at radius 1 is 0.943 bits per heavy atom. The molecule has 4 nitrogen and oxygen atoms in total. The van der Waals surface area contributed by atoms with E-state index in [0.29, 0.717) is 45.3 Å². The maximum absolute atomic E-state index is 14.3. The molecule has 0 spiro atoms. The van der Waals surface area contributed by atoms with E-state index in [4.69, 9.17) is 0 Å². The zero-order valence-electron chi connectivity index (χ0n) is 19.4. The Morgan fingerprint density at radius 3 is 2.34 bits per heavy atom. The van der Waals surface area contributed by atoms with Gasteiger partial charge in [0.1, 0.15) is 17.5 Å². The second-order valence-electron chi connectivity index (χ2n) is 9.02. The highest BCUT2D eigenvalue weighted by molar-refractivity contribution is 6.12. The lowest BCUT2D eigenvalue weighted by atomic mass is 9.93. The van der Waals surface area contributed by atoms with Crippen LogP contribution in [0.2, 0.25) is 0 Å². The van der Waals surface area contributed by atoms with Gasteiger partial charge in [0, 0.05) is 42.8 Å². The van der Waals surface area contributed by atoms with Gasteiger partial charge in [-0.05, 0) is 78.5 Å². The molecule has 35 heavy (non-hydrogen) atoms. The van der Waals surface area contributed by atoms with Crippen molar-refractivity contribution in [2.24, 2.45) is 0 Å². The number of nitrogens with one attached hydrogen (secondary N) is 1. The van der Waals surface area contributed by atoms with Crippen molar-refractivity contribution in [1.82, 2.24) is 15.2 Å². The SMILES string of the molecule is Cc1cc(F)cc(-c2cnc3ccc(-c4cc(F)cc(F)c4)cc3c2C(=O)N(C)[C@H]2CCNC2)c1. The third kappa shape index (κ3) is 4.51. The van der Waals surface area contributed by atoms with Crippen molar-refractivity contribution in [3.63, 3.8) is 0 Å². The predicted molar refractivity (Wildman–Crippen MR) is 131 cm³/mol. The Hall–Kier alpha value is -3.71. The molecule has 1 atom stereocenters. The van der Waals surface area contributed by atoms with E-state index in [-0.39, 0.29) is 11.9 Å². The van der Waals surface area contributed by atoms with Crippen molar-refractivity contribution in [1.29, 1.82) is 0 Å². The first-order chi connectivity index (χ1) is 16.8. The van der Waals surface area contributed by atoms with Crippen LogP contribution in [0.25, 0.3) is 33.2 Å². The van der Waals surface area contributed by atoms with Crippen LogP contribution in [0.4, 0.5) is 13.2 Å². The number of halogens is 3. The molecule has 7 heteroatoms. The topological polar surface area (TPSA) is 45.2 Å². The molecule has 5 rings (SSSR count). The highest BCUT2D eigenvalue weighted by atomic mass is 19.1. The molecule has 0 saturated carbocycles. The quantitative estimate of drug-likeness (QED) is 0.410. The van der Waals surface area contributed by atoms with E-state index >= 15 is 0 Å². The minimum absolute atomic E-state index is 0.0216. The van der Waals surface area contributed by atoms with Crippen LogP contribution in [-0.2, 0) is 0 Å². The van der Waals surface area contributed by atoms with Crippen LogP contribution in [0.1, 0.15) is 22.3 Å². The van der Waals surface area contributed by atoms with Gasteiger partial charge >= 0.3 is 0 Å². The van der Waals surface area contributed by atoms with Crippen LogP contribution in [0.3, 0.4) is 0 Å². The Labute approximate surface area is 201 Å². The summed E-state index contributed by atoms with van der Waals surface area (Å²) < 4.78 is 42.2. The molecule has 1 aliphatic rings. The van der Waals surface area contributed by atoms with Gasteiger partial charge in [-0.1, -0.05) is 12.1 Å². The summed E-state index contributed by atoms with van der Waals surface area (Å²) in [5.41, 5.74) is 3.60. The van der Waals surface area contributed by atoms with Gasteiger partial charge in [0.2, 0.25) is 0 Å². The number of likely N-dealkylation sites (N-methyl/N-ethyl adjacent to an activating group) is 1. The molecule has 1 aromatic heterocycles. The summed E-state index contributed by atoms with van der Waals surface area (Å²) in [5.74, 6) is -2.00. The maximum Gasteiger partial charge on any atom is 0.255 e. The Kier molecular flexibility index (Phi) is 6.03. The fourth-order valence-electron chi connectivity index (χ4n) is 4.75. The Balaban J connectivity index is 1.75. The van der Waals surface area contributed by atoms with Gasteiger partial charge in [-0.15, -0.1) is 0 Å². The zero-order valence-corrected chi connectivity index (χ0v) is 19.4. The van der Waals surface area contributed by atoms with Crippen LogP contribution in [0.15, 0.2) is 60.8 Å². The molecule has 1 aliphatic heterocycles. The highest BCUT2D eigenvalue weighted by Crippen LogP contribution is 2.34. The molecule has 0 aliphatic carbocycles. The van der Waals surface area contributed by atoms with Gasteiger partial charge in [-0.3, -0.25) is 9.78 Å². The minimum atomic E-state index is -0.688. The number of pyridine rings is 1. The molecular weight excluding hydrogens is 451 g/mol. The maximum atomic E-state index is 14.3. The van der Waals surface area contributed by atoms with Gasteiger partial charge in [0.05, 0.1) is 11.1 Å². The lowest BCUT2D eigenvalue weighted by Gasteiger charge is -2.26. The molecule has 1 fully saturated rings. The predicted octanol–water partition coefficient (Wildman–Crippen LogP) is 5.73. The monoisotopic (exact) mass is 475 g/mol. The standard InChI is InChI=1S/C28H24F3N3O/c1-16-7-19(11-20(29)8-16)25-15-33-26-4-3-17(18-9-21(30)13-22(31)10-18)12-24(26)27(25)28(35)34(2)23-5-6-32-14-23/h3-4,7-13,15,23,32H,5-6,14H2,1-2H3/t23-/m0/s1. The molecule has 1 saturated heterocycles. The molecule has 4 aromatic rings. The lowest BCUT2D eigenvalue weighted by molar-refractivity contribution is 0.0746. The van der Waals surface area contributed by atoms with Crippen LogP contribution in [0, 0.1) is 24.4 Å². The smallest absolute Gasteiger partial charge is 0.255 e. The molecule has 0 unspecified atom stereocenters. The van der Waals surface area contributed by atoms with E-state index in [0.717, 1.165) is 24.6 Å². The molecule has 3 aromatic carbocycles. The fourth-order valence-corrected chi connectivity index (χ4v) is 4.75. The number of fused-ring (bicyclic) bond motifs is 1. The van der Waals surface area contributed by atoms with Crippen LogP contribution >= 0.6 is 0 Å². The van der Waals surface area contributed by atoms with Crippen LogP contribution < -0.4 is 5.32 Å². The van der Waals surface area contributed by atoms with Crippen molar-refractivity contribution in [2.45, 2.75) is 19.4 Å². The summed E-state index contributed by atoms with van der Waals surface area (Å²) in [6.45, 7) is 3.30. The molecule has 1 N–H and O–H groups in total. The summed E-state index contributed by atoms with van der Waals surface area (Å²) in [6.07, 6.45) is 2.42. The molecule has 0 radical (unpaired) electrons. The number of hydrogen-bond donors (Lipinski definition) is 1. The third-order valence-corrected chi connectivity index (χ3v) is 6.53. The van der Waals surface area contributed by atoms with E-state index < -0.39 is 17.5 Å². The Morgan fingerprint density at radius 2 is 1.66 bits per heavy atom. The van der Waals surface area contributed by atoms with E-state index in [1.54, 1.807) is 43.3 Å². The van der Waals surface area contributed by atoms with Gasteiger partial charge in [-0.2, -0.15) is 0 Å². The third-order valence-electron chi connectivity index (χ3n) is 6.53. The summed E-state index contributed by atoms with van der Waals surface area (Å²) in [7, 11) is 1.76.